The van der Waals surface area contributed by atoms with Gasteiger partial charge in [-0.15, -0.1) is 48.1 Å². The van der Waals surface area contributed by atoms with Crippen LogP contribution in [0, 0.1) is 18.8 Å². The maximum Gasteiger partial charge on any atom is 0.135 e. The molecule has 0 atom stereocenters. The second kappa shape index (κ2) is 17.0. The van der Waals surface area contributed by atoms with Crippen molar-refractivity contribution < 1.29 is 32.7 Å². The topological polar surface area (TPSA) is 38.5 Å². The van der Waals surface area contributed by atoms with E-state index in [1.54, 1.807) is 0 Å². The average Bonchev–Trinajstić information content (AvgIpc) is 4.05. The number of benzene rings is 8. The van der Waals surface area contributed by atoms with Gasteiger partial charge in [0.1, 0.15) is 5.82 Å². The summed E-state index contributed by atoms with van der Waals surface area (Å²) in [7, 11) is 0. The minimum atomic E-state index is -0.437. The number of aromatic nitrogens is 3. The first-order chi connectivity index (χ1) is 35.0. The zero-order valence-corrected chi connectivity index (χ0v) is 41.3. The minimum Gasteiger partial charge on any atom is -0.509 e. The normalized spacial score (nSPS) is 13.9. The Bertz CT molecular complexity index is 4010. The van der Waals surface area contributed by atoms with Gasteiger partial charge in [0.05, 0.1) is 17.9 Å². The maximum absolute atomic E-state index is 9.14. The molecule has 342 valence electrons. The molecule has 0 N–H and O–H groups in total. The van der Waals surface area contributed by atoms with Gasteiger partial charge in [0, 0.05) is 77.8 Å². The van der Waals surface area contributed by atoms with Gasteiger partial charge in [0.2, 0.25) is 0 Å². The molecule has 12 rings (SSSR count). The van der Waals surface area contributed by atoms with Gasteiger partial charge in [-0.3, -0.25) is 0 Å². The summed E-state index contributed by atoms with van der Waals surface area (Å²) in [6.45, 7) is 15.2. The van der Waals surface area contributed by atoms with E-state index in [1.807, 2.05) is 90.2 Å². The van der Waals surface area contributed by atoms with Crippen molar-refractivity contribution in [2.24, 2.45) is 0 Å². The monoisotopic (exact) mass is 1080 g/mol. The third-order valence-electron chi connectivity index (χ3n) is 13.1. The van der Waals surface area contributed by atoms with E-state index < -0.39 is 18.1 Å². The molecule has 7 heteroatoms. The summed E-state index contributed by atoms with van der Waals surface area (Å²) in [5.74, 6) is 1.82. The SMILES string of the molecule is [2H]c1c([2H])c([2H])c(-n2c3ccccc3c3cccc(N4[CH-]N(c5[c-]c(Oc6[c-]c7c(cc6)c6cc(-c8ccccc8)ccc6n7-c6cc(C(C)(C)C)ccn6)ccc5)c5ccc(C(C)(C)C)cc54)c32)c([2H])c1[2H].[Pt]. The molecule has 0 saturated carbocycles. The van der Waals surface area contributed by atoms with Crippen molar-refractivity contribution in [3.8, 4) is 34.1 Å². The van der Waals surface area contributed by atoms with E-state index in [4.69, 9.17) is 16.6 Å². The van der Waals surface area contributed by atoms with Crippen LogP contribution >= 0.6 is 0 Å². The third-order valence-corrected chi connectivity index (χ3v) is 13.1. The Balaban J connectivity index is 0.00000588. The van der Waals surface area contributed by atoms with Gasteiger partial charge in [-0.25, -0.2) is 4.98 Å². The fourth-order valence-corrected chi connectivity index (χ4v) is 9.59. The number of para-hydroxylation sites is 3. The van der Waals surface area contributed by atoms with Crippen LogP contribution in [0.2, 0.25) is 0 Å². The molecule has 0 radical (unpaired) electrons. The first-order valence-corrected chi connectivity index (χ1v) is 23.0. The molecule has 0 spiro atoms. The van der Waals surface area contributed by atoms with Crippen LogP contribution in [0.3, 0.4) is 0 Å². The number of nitrogens with zero attached hydrogens (tertiary/aromatic N) is 5. The maximum atomic E-state index is 9.14. The Kier molecular flexibility index (Phi) is 9.49. The molecule has 0 unspecified atom stereocenters. The third kappa shape index (κ3) is 7.68. The molecular weight excluding hydrogens is 1030 g/mol. The summed E-state index contributed by atoms with van der Waals surface area (Å²) in [6, 6.07) is 57.0. The molecule has 1 aliphatic heterocycles. The number of hydrogen-bond donors (Lipinski definition) is 0. The minimum absolute atomic E-state index is 0. The molecule has 4 heterocycles. The molecule has 0 fully saturated rings. The molecule has 0 bridgehead atoms. The molecular formula is C62H50N5OPt-3. The predicted octanol–water partition coefficient (Wildman–Crippen LogP) is 16.3. The predicted molar refractivity (Wildman–Crippen MR) is 281 cm³/mol. The van der Waals surface area contributed by atoms with Crippen molar-refractivity contribution in [2.75, 3.05) is 9.80 Å². The van der Waals surface area contributed by atoms with Crippen molar-refractivity contribution in [3.05, 3.63) is 218 Å². The van der Waals surface area contributed by atoms with E-state index in [0.29, 0.717) is 17.0 Å². The van der Waals surface area contributed by atoms with Crippen LogP contribution in [0.5, 0.6) is 11.5 Å². The van der Waals surface area contributed by atoms with Gasteiger partial charge in [0.15, 0.2) is 0 Å². The smallest absolute Gasteiger partial charge is 0.135 e. The van der Waals surface area contributed by atoms with Gasteiger partial charge in [-0.1, -0.05) is 144 Å². The standard InChI is InChI=1S/C62H50N5O.Pt/c1-61(2,3)43-28-32-55-58(36-43)65(56-26-16-24-51-49-23-13-14-25-53(49)66(60(51)56)45-19-11-8-12-20-45)40-64(55)46-21-15-22-47(38-46)68-48-29-30-50-52-35-42(41-17-9-7-10-18-41)27-31-54(52)67(57(50)39-48)59-37-44(33-34-63-59)62(4,5)6;/h7-37,40H,1-6H3;/q-3;/i8D,11D,12D,19D,20D;. The van der Waals surface area contributed by atoms with Crippen LogP contribution in [0.15, 0.2) is 188 Å². The van der Waals surface area contributed by atoms with E-state index in [0.717, 1.165) is 83.4 Å². The van der Waals surface area contributed by atoms with E-state index in [-0.39, 0.29) is 49.7 Å². The molecule has 1 aliphatic rings. The Morgan fingerprint density at radius 3 is 2.07 bits per heavy atom. The van der Waals surface area contributed by atoms with E-state index in [1.165, 1.54) is 5.56 Å². The number of fused-ring (bicyclic) bond motifs is 7. The summed E-state index contributed by atoms with van der Waals surface area (Å²) < 4.78 is 54.7. The van der Waals surface area contributed by atoms with E-state index in [2.05, 4.69) is 147 Å². The van der Waals surface area contributed by atoms with Crippen molar-refractivity contribution >= 4 is 66.4 Å². The van der Waals surface area contributed by atoms with Crippen molar-refractivity contribution in [3.63, 3.8) is 0 Å². The second-order valence-corrected chi connectivity index (χ2v) is 19.5. The summed E-state index contributed by atoms with van der Waals surface area (Å²) in [5.41, 5.74) is 11.0. The molecule has 0 aliphatic carbocycles. The van der Waals surface area contributed by atoms with Gasteiger partial charge >= 0.3 is 0 Å². The Morgan fingerprint density at radius 1 is 0.536 bits per heavy atom. The Labute approximate surface area is 425 Å². The second-order valence-electron chi connectivity index (χ2n) is 19.5. The summed E-state index contributed by atoms with van der Waals surface area (Å²) in [4.78, 5) is 9.14. The van der Waals surface area contributed by atoms with Crippen LogP contribution in [0.1, 0.15) is 59.5 Å². The Hall–Kier alpha value is -7.40. The number of ether oxygens (including phenoxy) is 1. The molecule has 3 aromatic heterocycles. The first-order valence-electron chi connectivity index (χ1n) is 25.5. The van der Waals surface area contributed by atoms with E-state index in [9.17, 15) is 0 Å². The zero-order valence-electron chi connectivity index (χ0n) is 44.0. The van der Waals surface area contributed by atoms with Gasteiger partial charge in [0.25, 0.3) is 0 Å². The van der Waals surface area contributed by atoms with Gasteiger partial charge in [-0.05, 0) is 93.0 Å². The number of hydrogen-bond acceptors (Lipinski definition) is 4. The summed E-state index contributed by atoms with van der Waals surface area (Å²) in [5, 5.41) is 3.89. The van der Waals surface area contributed by atoms with Crippen LogP contribution in [0.4, 0.5) is 22.7 Å². The largest absolute Gasteiger partial charge is 0.509 e. The summed E-state index contributed by atoms with van der Waals surface area (Å²) >= 11 is 0. The average molecular weight is 1080 g/mol. The first kappa shape index (κ1) is 38.6. The Morgan fingerprint density at radius 2 is 1.26 bits per heavy atom. The van der Waals surface area contributed by atoms with Gasteiger partial charge < -0.3 is 23.7 Å². The molecule has 69 heavy (non-hydrogen) atoms. The summed E-state index contributed by atoms with van der Waals surface area (Å²) in [6.07, 6.45) is 1.88. The molecule has 0 saturated heterocycles. The van der Waals surface area contributed by atoms with E-state index >= 15 is 0 Å². The van der Waals surface area contributed by atoms with Crippen LogP contribution in [-0.2, 0) is 31.9 Å². The number of rotatable bonds is 7. The van der Waals surface area contributed by atoms with Crippen LogP contribution in [-0.4, -0.2) is 14.1 Å². The van der Waals surface area contributed by atoms with Crippen molar-refractivity contribution in [2.45, 2.75) is 52.4 Å². The van der Waals surface area contributed by atoms with Crippen LogP contribution in [0.25, 0.3) is 66.2 Å². The number of pyridine rings is 1. The molecule has 0 amide bonds. The van der Waals surface area contributed by atoms with Crippen molar-refractivity contribution in [1.82, 2.24) is 14.1 Å². The quantitative estimate of drug-likeness (QED) is 0.149. The number of anilines is 4. The molecule has 8 aromatic carbocycles. The van der Waals surface area contributed by atoms with Crippen molar-refractivity contribution in [1.29, 1.82) is 0 Å². The molecule has 11 aromatic rings. The fraction of sp³-hybridized carbons (Fsp3) is 0.129. The van der Waals surface area contributed by atoms with Crippen LogP contribution < -0.4 is 14.5 Å². The molecule has 6 nitrogen and oxygen atoms in total. The fourth-order valence-electron chi connectivity index (χ4n) is 9.59. The zero-order chi connectivity index (χ0) is 50.7. The van der Waals surface area contributed by atoms with Gasteiger partial charge in [-0.2, -0.15) is 12.1 Å².